The maximum Gasteiger partial charge on any atom is 0.261 e. The summed E-state index contributed by atoms with van der Waals surface area (Å²) in [7, 11) is 0. The molecule has 0 radical (unpaired) electrons. The van der Waals surface area contributed by atoms with Gasteiger partial charge in [0.2, 0.25) is 0 Å². The molecule has 0 spiro atoms. The van der Waals surface area contributed by atoms with Gasteiger partial charge in [0.1, 0.15) is 11.3 Å². The number of hydrogen-bond donors (Lipinski definition) is 3. The Morgan fingerprint density at radius 3 is 2.96 bits per heavy atom. The van der Waals surface area contributed by atoms with E-state index in [2.05, 4.69) is 15.6 Å². The summed E-state index contributed by atoms with van der Waals surface area (Å²) in [5.74, 6) is 0.837. The molecule has 6 heteroatoms. The van der Waals surface area contributed by atoms with Gasteiger partial charge in [-0.2, -0.15) is 0 Å². The van der Waals surface area contributed by atoms with Crippen molar-refractivity contribution in [2.45, 2.75) is 19.3 Å². The molecule has 1 unspecified atom stereocenters. The van der Waals surface area contributed by atoms with Crippen molar-refractivity contribution in [3.8, 4) is 11.5 Å². The summed E-state index contributed by atoms with van der Waals surface area (Å²) < 4.78 is 5.23. The largest absolute Gasteiger partial charge is 0.463 e. The summed E-state index contributed by atoms with van der Waals surface area (Å²) in [6.45, 7) is 2.68. The maximum absolute atomic E-state index is 12.1. The molecule has 2 aromatic rings. The monoisotopic (exact) mass is 315 g/mol. The summed E-state index contributed by atoms with van der Waals surface area (Å²) >= 11 is 0. The Bertz CT molecular complexity index is 700. The Morgan fingerprint density at radius 1 is 1.35 bits per heavy atom. The van der Waals surface area contributed by atoms with Crippen molar-refractivity contribution in [2.75, 3.05) is 19.6 Å². The molecule has 3 rings (SSSR count). The number of carbonyl (C=O) groups is 1. The molecule has 0 aliphatic carbocycles. The van der Waals surface area contributed by atoms with Gasteiger partial charge in [-0.1, -0.05) is 0 Å². The van der Waals surface area contributed by atoms with E-state index in [1.165, 1.54) is 25.2 Å². The molecule has 3 N–H and O–H groups in total. The second-order valence-electron chi connectivity index (χ2n) is 5.85. The first-order valence-corrected chi connectivity index (χ1v) is 8.00. The Morgan fingerprint density at radius 2 is 2.26 bits per heavy atom. The number of furan rings is 1. The normalized spacial score (nSPS) is 17.8. The highest BCUT2D eigenvalue weighted by Gasteiger charge is 2.15. The molecule has 2 aromatic heterocycles. The van der Waals surface area contributed by atoms with Crippen LogP contribution in [0.1, 0.15) is 29.6 Å². The smallest absolute Gasteiger partial charge is 0.261 e. The van der Waals surface area contributed by atoms with Gasteiger partial charge in [-0.15, -0.1) is 0 Å². The first-order chi connectivity index (χ1) is 11.2. The predicted molar refractivity (Wildman–Crippen MR) is 87.3 cm³/mol. The van der Waals surface area contributed by atoms with Crippen LogP contribution in [0.3, 0.4) is 0 Å². The van der Waals surface area contributed by atoms with Gasteiger partial charge in [-0.3, -0.25) is 9.59 Å². The average molecular weight is 315 g/mol. The minimum Gasteiger partial charge on any atom is -0.463 e. The first-order valence-electron chi connectivity index (χ1n) is 8.00. The molecular formula is C17H21N3O3. The SMILES string of the molecule is O=C(NCCC1CCCNC1)c1ccc(-c2ccco2)[nH]c1=O. The Balaban J connectivity index is 1.58. The lowest BCUT2D eigenvalue weighted by molar-refractivity contribution is 0.0949. The number of nitrogens with one attached hydrogen (secondary N) is 3. The van der Waals surface area contributed by atoms with Gasteiger partial charge in [0.05, 0.1) is 12.0 Å². The van der Waals surface area contributed by atoms with Crippen LogP contribution in [0, 0.1) is 5.92 Å². The van der Waals surface area contributed by atoms with Crippen LogP contribution in [-0.2, 0) is 0 Å². The predicted octanol–water partition coefficient (Wildman–Crippen LogP) is 1.75. The van der Waals surface area contributed by atoms with Gasteiger partial charge >= 0.3 is 0 Å². The molecule has 1 saturated heterocycles. The third kappa shape index (κ3) is 3.90. The van der Waals surface area contributed by atoms with Gasteiger partial charge in [0.15, 0.2) is 0 Å². The minimum absolute atomic E-state index is 0.127. The van der Waals surface area contributed by atoms with Crippen LogP contribution in [0.4, 0.5) is 0 Å². The number of amides is 1. The van der Waals surface area contributed by atoms with Crippen LogP contribution in [0.5, 0.6) is 0 Å². The van der Waals surface area contributed by atoms with Crippen molar-refractivity contribution in [1.29, 1.82) is 0 Å². The van der Waals surface area contributed by atoms with Crippen LogP contribution in [0.25, 0.3) is 11.5 Å². The summed E-state index contributed by atoms with van der Waals surface area (Å²) in [6.07, 6.45) is 4.85. The summed E-state index contributed by atoms with van der Waals surface area (Å²) in [6, 6.07) is 6.71. The standard InChI is InChI=1S/C17H21N3O3/c21-16(19-9-7-12-3-1-8-18-11-12)13-5-6-14(20-17(13)22)15-4-2-10-23-15/h2,4-6,10,12,18H,1,3,7-9,11H2,(H,19,21)(H,20,22). The molecule has 0 aromatic carbocycles. The third-order valence-electron chi connectivity index (χ3n) is 4.18. The zero-order valence-corrected chi connectivity index (χ0v) is 12.9. The molecule has 1 aliphatic rings. The molecule has 1 fully saturated rings. The van der Waals surface area contributed by atoms with Crippen LogP contribution in [-0.4, -0.2) is 30.5 Å². The number of aromatic amines is 1. The average Bonchev–Trinajstić information content (AvgIpc) is 3.10. The molecular weight excluding hydrogens is 294 g/mol. The highest BCUT2D eigenvalue weighted by molar-refractivity contribution is 5.93. The van der Waals surface area contributed by atoms with Gasteiger partial charge in [-0.25, -0.2) is 0 Å². The molecule has 6 nitrogen and oxygen atoms in total. The molecule has 3 heterocycles. The first kappa shape index (κ1) is 15.6. The molecule has 0 saturated carbocycles. The summed E-state index contributed by atoms with van der Waals surface area (Å²) in [4.78, 5) is 26.9. The summed E-state index contributed by atoms with van der Waals surface area (Å²) in [5.41, 5.74) is 0.280. The maximum atomic E-state index is 12.1. The lowest BCUT2D eigenvalue weighted by Crippen LogP contribution is -2.34. The zero-order valence-electron chi connectivity index (χ0n) is 12.9. The molecule has 23 heavy (non-hydrogen) atoms. The van der Waals surface area contributed by atoms with Crippen molar-refractivity contribution < 1.29 is 9.21 Å². The third-order valence-corrected chi connectivity index (χ3v) is 4.18. The highest BCUT2D eigenvalue weighted by atomic mass is 16.3. The van der Waals surface area contributed by atoms with E-state index in [1.54, 1.807) is 18.2 Å². The lowest BCUT2D eigenvalue weighted by Gasteiger charge is -2.22. The van der Waals surface area contributed by atoms with E-state index in [1.807, 2.05) is 0 Å². The van der Waals surface area contributed by atoms with Crippen LogP contribution in [0.15, 0.2) is 39.7 Å². The fourth-order valence-electron chi connectivity index (χ4n) is 2.88. The number of hydrogen-bond acceptors (Lipinski definition) is 4. The Hall–Kier alpha value is -2.34. The van der Waals surface area contributed by atoms with Crippen LogP contribution in [0.2, 0.25) is 0 Å². The van der Waals surface area contributed by atoms with Gasteiger partial charge in [0, 0.05) is 6.54 Å². The molecule has 1 atom stereocenters. The number of piperidine rings is 1. The zero-order chi connectivity index (χ0) is 16.1. The number of aromatic nitrogens is 1. The Kier molecular flexibility index (Phi) is 4.92. The van der Waals surface area contributed by atoms with Gasteiger partial charge in [-0.05, 0) is 62.5 Å². The fourth-order valence-corrected chi connectivity index (χ4v) is 2.88. The van der Waals surface area contributed by atoms with Gasteiger partial charge < -0.3 is 20.0 Å². The summed E-state index contributed by atoms with van der Waals surface area (Å²) in [5, 5.41) is 6.19. The topological polar surface area (TPSA) is 87.1 Å². The molecule has 0 bridgehead atoms. The second kappa shape index (κ2) is 7.28. The highest BCUT2D eigenvalue weighted by Crippen LogP contribution is 2.16. The molecule has 122 valence electrons. The van der Waals surface area contributed by atoms with Crippen LogP contribution < -0.4 is 16.2 Å². The van der Waals surface area contributed by atoms with E-state index >= 15 is 0 Å². The van der Waals surface area contributed by atoms with Crippen molar-refractivity contribution in [1.82, 2.24) is 15.6 Å². The number of rotatable bonds is 5. The lowest BCUT2D eigenvalue weighted by atomic mass is 9.96. The van der Waals surface area contributed by atoms with Crippen molar-refractivity contribution in [3.05, 3.63) is 46.4 Å². The van der Waals surface area contributed by atoms with E-state index in [9.17, 15) is 9.59 Å². The van der Waals surface area contributed by atoms with E-state index in [0.29, 0.717) is 23.9 Å². The number of pyridine rings is 1. The number of H-pyrrole nitrogens is 1. The molecule has 1 aliphatic heterocycles. The van der Waals surface area contributed by atoms with E-state index in [-0.39, 0.29) is 11.5 Å². The van der Waals surface area contributed by atoms with Gasteiger partial charge in [0.25, 0.3) is 11.5 Å². The number of carbonyl (C=O) groups excluding carboxylic acids is 1. The van der Waals surface area contributed by atoms with Crippen LogP contribution >= 0.6 is 0 Å². The quantitative estimate of drug-likeness (QED) is 0.784. The van der Waals surface area contributed by atoms with Crippen molar-refractivity contribution in [3.63, 3.8) is 0 Å². The molecule has 1 amide bonds. The van der Waals surface area contributed by atoms with Crippen molar-refractivity contribution in [2.24, 2.45) is 5.92 Å². The van der Waals surface area contributed by atoms with Crippen molar-refractivity contribution >= 4 is 5.91 Å². The van der Waals surface area contributed by atoms with E-state index < -0.39 is 5.56 Å². The second-order valence-corrected chi connectivity index (χ2v) is 5.85. The Labute approximate surface area is 134 Å². The fraction of sp³-hybridized carbons (Fsp3) is 0.412. The van der Waals surface area contributed by atoms with E-state index in [0.717, 1.165) is 19.5 Å². The minimum atomic E-state index is -0.407. The van der Waals surface area contributed by atoms with E-state index in [4.69, 9.17) is 4.42 Å².